The third-order valence-electron chi connectivity index (χ3n) is 3.43. The first-order valence-electron chi connectivity index (χ1n) is 6.75. The second kappa shape index (κ2) is 5.79. The van der Waals surface area contributed by atoms with Gasteiger partial charge >= 0.3 is 0 Å². The third kappa shape index (κ3) is 2.62. The smallest absolute Gasteiger partial charge is 0.150 e. The van der Waals surface area contributed by atoms with E-state index in [1.807, 2.05) is 41.3 Å². The zero-order valence-electron chi connectivity index (χ0n) is 11.6. The Hall–Kier alpha value is -1.98. The van der Waals surface area contributed by atoms with E-state index in [1.165, 1.54) is 6.07 Å². The SMILES string of the molecule is CC(N)C(c1ccccc1F)n1ccnc1-c1cccs1. The van der Waals surface area contributed by atoms with Gasteiger partial charge in [0.2, 0.25) is 0 Å². The predicted molar refractivity (Wildman–Crippen MR) is 83.7 cm³/mol. The molecule has 0 bridgehead atoms. The van der Waals surface area contributed by atoms with Crippen LogP contribution in [0.2, 0.25) is 0 Å². The minimum absolute atomic E-state index is 0.241. The molecule has 0 aliphatic carbocycles. The second-order valence-electron chi connectivity index (χ2n) is 4.96. The fourth-order valence-corrected chi connectivity index (χ4v) is 3.26. The van der Waals surface area contributed by atoms with Crippen LogP contribution < -0.4 is 5.73 Å². The summed E-state index contributed by atoms with van der Waals surface area (Å²) in [6.07, 6.45) is 3.58. The summed E-state index contributed by atoms with van der Waals surface area (Å²) in [5.41, 5.74) is 6.73. The molecule has 2 atom stereocenters. The zero-order valence-corrected chi connectivity index (χ0v) is 12.4. The Morgan fingerprint density at radius 2 is 2.05 bits per heavy atom. The van der Waals surface area contributed by atoms with Gasteiger partial charge in [-0.1, -0.05) is 24.3 Å². The van der Waals surface area contributed by atoms with Crippen LogP contribution in [0.5, 0.6) is 0 Å². The van der Waals surface area contributed by atoms with Crippen molar-refractivity contribution < 1.29 is 4.39 Å². The molecule has 3 rings (SSSR count). The lowest BCUT2D eigenvalue weighted by molar-refractivity contribution is 0.473. The molecule has 21 heavy (non-hydrogen) atoms. The van der Waals surface area contributed by atoms with Gasteiger partial charge < -0.3 is 10.3 Å². The quantitative estimate of drug-likeness (QED) is 0.798. The van der Waals surface area contributed by atoms with E-state index in [-0.39, 0.29) is 17.9 Å². The highest BCUT2D eigenvalue weighted by Crippen LogP contribution is 2.30. The van der Waals surface area contributed by atoms with Crippen molar-refractivity contribution in [2.24, 2.45) is 5.73 Å². The molecule has 108 valence electrons. The summed E-state index contributed by atoms with van der Waals surface area (Å²) in [6, 6.07) is 10.2. The van der Waals surface area contributed by atoms with Crippen molar-refractivity contribution in [3.63, 3.8) is 0 Å². The van der Waals surface area contributed by atoms with Gasteiger partial charge in [0.1, 0.15) is 5.82 Å². The Kier molecular flexibility index (Phi) is 3.86. The lowest BCUT2D eigenvalue weighted by atomic mass is 10.00. The Balaban J connectivity index is 2.12. The predicted octanol–water partition coefficient (Wildman–Crippen LogP) is 3.69. The van der Waals surface area contributed by atoms with Crippen LogP contribution in [0.15, 0.2) is 54.2 Å². The summed E-state index contributed by atoms with van der Waals surface area (Å²) in [5.74, 6) is 0.571. The number of halogens is 1. The first-order valence-corrected chi connectivity index (χ1v) is 7.63. The Bertz CT molecular complexity index is 719. The molecule has 0 fully saturated rings. The van der Waals surface area contributed by atoms with Gasteiger partial charge in [-0.25, -0.2) is 9.37 Å². The van der Waals surface area contributed by atoms with Crippen molar-refractivity contribution in [2.45, 2.75) is 19.0 Å². The van der Waals surface area contributed by atoms with Crippen molar-refractivity contribution in [2.75, 3.05) is 0 Å². The number of imidazole rings is 1. The van der Waals surface area contributed by atoms with Crippen LogP contribution in [0.4, 0.5) is 4.39 Å². The lowest BCUT2D eigenvalue weighted by Crippen LogP contribution is -2.31. The Labute approximate surface area is 126 Å². The van der Waals surface area contributed by atoms with E-state index in [4.69, 9.17) is 5.73 Å². The highest BCUT2D eigenvalue weighted by Gasteiger charge is 2.24. The van der Waals surface area contributed by atoms with Gasteiger partial charge in [0.25, 0.3) is 0 Å². The monoisotopic (exact) mass is 301 g/mol. The number of hydrogen-bond acceptors (Lipinski definition) is 3. The third-order valence-corrected chi connectivity index (χ3v) is 4.30. The van der Waals surface area contributed by atoms with E-state index in [9.17, 15) is 4.39 Å². The first-order chi connectivity index (χ1) is 10.2. The fraction of sp³-hybridized carbons (Fsp3) is 0.188. The van der Waals surface area contributed by atoms with Crippen molar-refractivity contribution in [3.05, 3.63) is 65.6 Å². The number of nitrogens with zero attached hydrogens (tertiary/aromatic N) is 2. The molecule has 1 aromatic carbocycles. The molecule has 0 aliphatic heterocycles. The summed E-state index contributed by atoms with van der Waals surface area (Å²) >= 11 is 1.61. The molecule has 3 nitrogen and oxygen atoms in total. The largest absolute Gasteiger partial charge is 0.326 e. The van der Waals surface area contributed by atoms with Crippen LogP contribution in [-0.4, -0.2) is 15.6 Å². The van der Waals surface area contributed by atoms with E-state index in [2.05, 4.69) is 4.98 Å². The van der Waals surface area contributed by atoms with E-state index in [0.29, 0.717) is 5.56 Å². The molecular weight excluding hydrogens is 285 g/mol. The highest BCUT2D eigenvalue weighted by atomic mass is 32.1. The van der Waals surface area contributed by atoms with Gasteiger partial charge in [-0.15, -0.1) is 11.3 Å². The molecule has 0 radical (unpaired) electrons. The number of rotatable bonds is 4. The number of nitrogens with two attached hydrogens (primary N) is 1. The Morgan fingerprint density at radius 1 is 1.24 bits per heavy atom. The van der Waals surface area contributed by atoms with E-state index < -0.39 is 0 Å². The summed E-state index contributed by atoms with van der Waals surface area (Å²) in [4.78, 5) is 5.46. The minimum atomic E-state index is -0.286. The lowest BCUT2D eigenvalue weighted by Gasteiger charge is -2.25. The molecule has 2 unspecified atom stereocenters. The Morgan fingerprint density at radius 3 is 2.71 bits per heavy atom. The molecule has 3 aromatic rings. The van der Waals surface area contributed by atoms with Gasteiger partial charge in [0, 0.05) is 24.0 Å². The maximum Gasteiger partial charge on any atom is 0.150 e. The van der Waals surface area contributed by atoms with E-state index >= 15 is 0 Å². The maximum absolute atomic E-state index is 14.2. The molecule has 5 heteroatoms. The summed E-state index contributed by atoms with van der Waals surface area (Å²) < 4.78 is 16.1. The summed E-state index contributed by atoms with van der Waals surface area (Å²) in [5, 5.41) is 2.00. The number of hydrogen-bond donors (Lipinski definition) is 1. The molecule has 2 heterocycles. The molecule has 2 N–H and O–H groups in total. The number of benzene rings is 1. The second-order valence-corrected chi connectivity index (χ2v) is 5.91. The van der Waals surface area contributed by atoms with Crippen LogP contribution in [0.3, 0.4) is 0 Å². The first kappa shape index (κ1) is 14.0. The van der Waals surface area contributed by atoms with Crippen molar-refractivity contribution >= 4 is 11.3 Å². The molecule has 0 spiro atoms. The average Bonchev–Trinajstić information content (AvgIpc) is 3.11. The van der Waals surface area contributed by atoms with Crippen LogP contribution in [-0.2, 0) is 0 Å². The van der Waals surface area contributed by atoms with E-state index in [0.717, 1.165) is 10.7 Å². The topological polar surface area (TPSA) is 43.8 Å². The fourth-order valence-electron chi connectivity index (χ4n) is 2.54. The van der Waals surface area contributed by atoms with Crippen molar-refractivity contribution in [1.29, 1.82) is 0 Å². The van der Waals surface area contributed by atoms with Gasteiger partial charge in [-0.05, 0) is 24.4 Å². The van der Waals surface area contributed by atoms with Crippen LogP contribution in [0.1, 0.15) is 18.5 Å². The minimum Gasteiger partial charge on any atom is -0.326 e. The van der Waals surface area contributed by atoms with Crippen LogP contribution in [0, 0.1) is 5.82 Å². The van der Waals surface area contributed by atoms with Gasteiger partial charge in [-0.2, -0.15) is 0 Å². The molecule has 0 saturated carbocycles. The summed E-state index contributed by atoms with van der Waals surface area (Å²) in [6.45, 7) is 1.88. The summed E-state index contributed by atoms with van der Waals surface area (Å²) in [7, 11) is 0. The zero-order chi connectivity index (χ0) is 14.8. The standard InChI is InChI=1S/C16H16FN3S/c1-11(18)15(12-5-2-3-6-13(12)17)20-9-8-19-16(20)14-7-4-10-21-14/h2-11,15H,18H2,1H3. The number of aromatic nitrogens is 2. The van der Waals surface area contributed by atoms with Crippen LogP contribution in [0.25, 0.3) is 10.7 Å². The van der Waals surface area contributed by atoms with Gasteiger partial charge in [0.05, 0.1) is 10.9 Å². The van der Waals surface area contributed by atoms with Crippen molar-refractivity contribution in [1.82, 2.24) is 9.55 Å². The molecule has 0 saturated heterocycles. The maximum atomic E-state index is 14.2. The molecule has 0 aliphatic rings. The average molecular weight is 301 g/mol. The molecule has 0 amide bonds. The van der Waals surface area contributed by atoms with Crippen LogP contribution >= 0.6 is 11.3 Å². The molecular formula is C16H16FN3S. The molecule has 2 aromatic heterocycles. The van der Waals surface area contributed by atoms with Gasteiger partial charge in [0.15, 0.2) is 5.82 Å². The van der Waals surface area contributed by atoms with E-state index in [1.54, 1.807) is 29.7 Å². The van der Waals surface area contributed by atoms with Crippen molar-refractivity contribution in [3.8, 4) is 10.7 Å². The normalized spacial score (nSPS) is 14.0. The highest BCUT2D eigenvalue weighted by molar-refractivity contribution is 7.13. The number of thiophene rings is 1. The van der Waals surface area contributed by atoms with Gasteiger partial charge in [-0.3, -0.25) is 0 Å².